The standard InChI is InChI=1S/C12H10BrCl2N3O2S/c1-6-2-11(17-5-8(6)13)18-21(19,20)12-9(15)3-7(14)4-10(12)16/h2-5H,16H2,1H3,(H,17,18). The van der Waals surface area contributed by atoms with Crippen molar-refractivity contribution in [2.45, 2.75) is 11.8 Å². The van der Waals surface area contributed by atoms with Gasteiger partial charge in [0.25, 0.3) is 10.0 Å². The van der Waals surface area contributed by atoms with Gasteiger partial charge in [0.2, 0.25) is 0 Å². The van der Waals surface area contributed by atoms with Gasteiger partial charge in [0.05, 0.1) is 10.7 Å². The third-order valence-electron chi connectivity index (χ3n) is 2.59. The molecule has 9 heteroatoms. The summed E-state index contributed by atoms with van der Waals surface area (Å²) in [6.07, 6.45) is 1.50. The SMILES string of the molecule is Cc1cc(NS(=O)(=O)c2c(N)cc(Cl)cc2Cl)ncc1Br. The van der Waals surface area contributed by atoms with Crippen LogP contribution in [-0.4, -0.2) is 13.4 Å². The van der Waals surface area contributed by atoms with Crippen molar-refractivity contribution in [1.29, 1.82) is 0 Å². The molecule has 3 N–H and O–H groups in total. The van der Waals surface area contributed by atoms with Gasteiger partial charge < -0.3 is 5.73 Å². The van der Waals surface area contributed by atoms with E-state index in [9.17, 15) is 8.42 Å². The Hall–Kier alpha value is -1.02. The van der Waals surface area contributed by atoms with E-state index < -0.39 is 10.0 Å². The topological polar surface area (TPSA) is 85.1 Å². The molecule has 1 heterocycles. The summed E-state index contributed by atoms with van der Waals surface area (Å²) in [6.45, 7) is 1.81. The summed E-state index contributed by atoms with van der Waals surface area (Å²) >= 11 is 15.0. The molecule has 2 rings (SSSR count). The predicted molar refractivity (Wildman–Crippen MR) is 88.4 cm³/mol. The molecule has 0 bridgehead atoms. The quantitative estimate of drug-likeness (QED) is 0.752. The number of nitrogen functional groups attached to an aromatic ring is 1. The van der Waals surface area contributed by atoms with Crippen molar-refractivity contribution in [1.82, 2.24) is 4.98 Å². The van der Waals surface area contributed by atoms with Crippen molar-refractivity contribution in [3.05, 3.63) is 44.5 Å². The number of hydrogen-bond acceptors (Lipinski definition) is 4. The highest BCUT2D eigenvalue weighted by Crippen LogP contribution is 2.32. The number of nitrogens with two attached hydrogens (primary N) is 1. The summed E-state index contributed by atoms with van der Waals surface area (Å²) in [4.78, 5) is 3.75. The number of sulfonamides is 1. The first-order chi connectivity index (χ1) is 9.70. The summed E-state index contributed by atoms with van der Waals surface area (Å²) in [5.41, 5.74) is 6.50. The van der Waals surface area contributed by atoms with Gasteiger partial charge in [0.1, 0.15) is 10.7 Å². The summed E-state index contributed by atoms with van der Waals surface area (Å²) < 4.78 is 27.9. The van der Waals surface area contributed by atoms with E-state index in [-0.39, 0.29) is 26.4 Å². The van der Waals surface area contributed by atoms with Crippen LogP contribution in [0, 0.1) is 6.92 Å². The molecule has 0 aliphatic carbocycles. The third-order valence-corrected chi connectivity index (χ3v) is 5.52. The number of benzene rings is 1. The van der Waals surface area contributed by atoms with E-state index in [0.29, 0.717) is 0 Å². The first-order valence-electron chi connectivity index (χ1n) is 5.60. The lowest BCUT2D eigenvalue weighted by Gasteiger charge is -2.12. The maximum absolute atomic E-state index is 12.4. The van der Waals surface area contributed by atoms with E-state index in [0.717, 1.165) is 10.0 Å². The Labute approximate surface area is 140 Å². The minimum Gasteiger partial charge on any atom is -0.398 e. The minimum absolute atomic E-state index is 0.0335. The Bertz CT molecular complexity index is 789. The molecule has 21 heavy (non-hydrogen) atoms. The zero-order valence-electron chi connectivity index (χ0n) is 10.7. The molecule has 0 radical (unpaired) electrons. The lowest BCUT2D eigenvalue weighted by Crippen LogP contribution is -2.16. The average Bonchev–Trinajstić information content (AvgIpc) is 2.31. The normalized spacial score (nSPS) is 11.4. The van der Waals surface area contributed by atoms with Crippen LogP contribution < -0.4 is 10.5 Å². The molecule has 0 atom stereocenters. The van der Waals surface area contributed by atoms with E-state index in [4.69, 9.17) is 28.9 Å². The number of rotatable bonds is 3. The van der Waals surface area contributed by atoms with Gasteiger partial charge in [-0.1, -0.05) is 23.2 Å². The predicted octanol–water partition coefficient (Wildman–Crippen LogP) is 3.84. The second-order valence-electron chi connectivity index (χ2n) is 4.23. The Kier molecular flexibility index (Phi) is 4.67. The second kappa shape index (κ2) is 6.00. The van der Waals surface area contributed by atoms with Gasteiger partial charge >= 0.3 is 0 Å². The van der Waals surface area contributed by atoms with Crippen molar-refractivity contribution < 1.29 is 8.42 Å². The van der Waals surface area contributed by atoms with Crippen molar-refractivity contribution >= 4 is 60.7 Å². The molecule has 0 amide bonds. The lowest BCUT2D eigenvalue weighted by molar-refractivity contribution is 0.601. The van der Waals surface area contributed by atoms with E-state index in [1.807, 2.05) is 6.92 Å². The van der Waals surface area contributed by atoms with Gasteiger partial charge in [-0.2, -0.15) is 0 Å². The fourth-order valence-electron chi connectivity index (χ4n) is 1.65. The molecule has 1 aromatic heterocycles. The highest BCUT2D eigenvalue weighted by atomic mass is 79.9. The molecule has 0 aliphatic heterocycles. The number of pyridine rings is 1. The molecule has 0 unspecified atom stereocenters. The van der Waals surface area contributed by atoms with Gasteiger partial charge in [-0.15, -0.1) is 0 Å². The van der Waals surface area contributed by atoms with E-state index in [1.165, 1.54) is 18.3 Å². The second-order valence-corrected chi connectivity index (χ2v) is 7.55. The van der Waals surface area contributed by atoms with Crippen LogP contribution in [0.5, 0.6) is 0 Å². The smallest absolute Gasteiger partial charge is 0.266 e. The summed E-state index contributed by atoms with van der Waals surface area (Å²) in [5.74, 6) is 0.168. The van der Waals surface area contributed by atoms with Gasteiger partial charge in [0, 0.05) is 15.7 Å². The largest absolute Gasteiger partial charge is 0.398 e. The third kappa shape index (κ3) is 3.60. The van der Waals surface area contributed by atoms with Crippen molar-refractivity contribution in [2.75, 3.05) is 10.5 Å². The van der Waals surface area contributed by atoms with Gasteiger partial charge in [-0.05, 0) is 46.6 Å². The number of nitrogens with zero attached hydrogens (tertiary/aromatic N) is 1. The molecule has 0 aliphatic rings. The van der Waals surface area contributed by atoms with E-state index >= 15 is 0 Å². The minimum atomic E-state index is -3.96. The van der Waals surface area contributed by atoms with Crippen molar-refractivity contribution in [3.63, 3.8) is 0 Å². The zero-order chi connectivity index (χ0) is 15.8. The maximum atomic E-state index is 12.4. The number of hydrogen-bond donors (Lipinski definition) is 2. The van der Waals surface area contributed by atoms with Crippen LogP contribution in [0.3, 0.4) is 0 Å². The van der Waals surface area contributed by atoms with Crippen LogP contribution >= 0.6 is 39.1 Å². The molecule has 2 aromatic rings. The Balaban J connectivity index is 2.46. The van der Waals surface area contributed by atoms with Crippen LogP contribution in [0.2, 0.25) is 10.0 Å². The number of nitrogens with one attached hydrogen (secondary N) is 1. The first-order valence-corrected chi connectivity index (χ1v) is 8.63. The summed E-state index contributed by atoms with van der Waals surface area (Å²) in [6, 6.07) is 4.22. The highest BCUT2D eigenvalue weighted by molar-refractivity contribution is 9.10. The molecule has 112 valence electrons. The first kappa shape index (κ1) is 16.4. The monoisotopic (exact) mass is 409 g/mol. The Morgan fingerprint density at radius 2 is 1.95 bits per heavy atom. The molecule has 0 fully saturated rings. The van der Waals surface area contributed by atoms with E-state index in [2.05, 4.69) is 25.6 Å². The van der Waals surface area contributed by atoms with Crippen molar-refractivity contribution in [2.24, 2.45) is 0 Å². The van der Waals surface area contributed by atoms with Crippen LogP contribution in [0.4, 0.5) is 11.5 Å². The van der Waals surface area contributed by atoms with Gasteiger partial charge in [-0.25, -0.2) is 13.4 Å². The highest BCUT2D eigenvalue weighted by Gasteiger charge is 2.22. The van der Waals surface area contributed by atoms with Gasteiger partial charge in [0.15, 0.2) is 0 Å². The number of aryl methyl sites for hydroxylation is 1. The van der Waals surface area contributed by atoms with Crippen LogP contribution in [0.15, 0.2) is 33.8 Å². The maximum Gasteiger partial charge on any atom is 0.266 e. The molecule has 1 aromatic carbocycles. The fraction of sp³-hybridized carbons (Fsp3) is 0.0833. The molecular weight excluding hydrogens is 401 g/mol. The molecule has 0 saturated heterocycles. The number of halogens is 3. The van der Waals surface area contributed by atoms with Crippen LogP contribution in [0.1, 0.15) is 5.56 Å². The van der Waals surface area contributed by atoms with Crippen LogP contribution in [-0.2, 0) is 10.0 Å². The Morgan fingerprint density at radius 1 is 1.29 bits per heavy atom. The number of aromatic nitrogens is 1. The lowest BCUT2D eigenvalue weighted by atomic mass is 10.3. The summed E-state index contributed by atoms with van der Waals surface area (Å²) in [7, 11) is -3.96. The molecular formula is C12H10BrCl2N3O2S. The fourth-order valence-corrected chi connectivity index (χ4v) is 3.85. The molecule has 5 nitrogen and oxygen atoms in total. The van der Waals surface area contributed by atoms with Gasteiger partial charge in [-0.3, -0.25) is 4.72 Å². The number of anilines is 2. The zero-order valence-corrected chi connectivity index (χ0v) is 14.6. The average molecular weight is 411 g/mol. The molecule has 0 saturated carbocycles. The van der Waals surface area contributed by atoms with Crippen molar-refractivity contribution in [3.8, 4) is 0 Å². The van der Waals surface area contributed by atoms with E-state index in [1.54, 1.807) is 6.07 Å². The van der Waals surface area contributed by atoms with Crippen LogP contribution in [0.25, 0.3) is 0 Å². The Morgan fingerprint density at radius 3 is 2.52 bits per heavy atom. The summed E-state index contributed by atoms with van der Waals surface area (Å²) in [5, 5.41) is 0.204. The molecule has 0 spiro atoms.